The molecule has 5 nitrogen and oxygen atoms in total. The van der Waals surface area contributed by atoms with E-state index in [1.807, 2.05) is 24.3 Å². The van der Waals surface area contributed by atoms with Gasteiger partial charge in [-0.15, -0.1) is 0 Å². The molecule has 1 atom stereocenters. The summed E-state index contributed by atoms with van der Waals surface area (Å²) in [5.74, 6) is -0.0255. The molecule has 2 rings (SSSR count). The number of amides is 2. The molecule has 19 heavy (non-hydrogen) atoms. The van der Waals surface area contributed by atoms with E-state index in [1.165, 1.54) is 5.56 Å². The van der Waals surface area contributed by atoms with Crippen molar-refractivity contribution in [2.45, 2.75) is 18.9 Å². The van der Waals surface area contributed by atoms with Gasteiger partial charge < -0.3 is 15.5 Å². The van der Waals surface area contributed by atoms with Crippen molar-refractivity contribution in [2.24, 2.45) is 0 Å². The molecular formula is C14H19N3O2. The molecule has 0 aromatic heterocycles. The number of carbonyl (C=O) groups is 2. The van der Waals surface area contributed by atoms with Crippen molar-refractivity contribution < 1.29 is 9.59 Å². The third kappa shape index (κ3) is 3.05. The molecular weight excluding hydrogens is 242 g/mol. The van der Waals surface area contributed by atoms with Crippen LogP contribution in [0.1, 0.15) is 12.0 Å². The molecule has 1 aromatic carbocycles. The number of benzene rings is 1. The Morgan fingerprint density at radius 3 is 2.84 bits per heavy atom. The molecule has 0 fully saturated rings. The highest BCUT2D eigenvalue weighted by atomic mass is 16.2. The van der Waals surface area contributed by atoms with Gasteiger partial charge in [0.05, 0.1) is 0 Å². The van der Waals surface area contributed by atoms with Crippen LogP contribution in [-0.4, -0.2) is 43.4 Å². The van der Waals surface area contributed by atoms with E-state index in [0.29, 0.717) is 19.4 Å². The van der Waals surface area contributed by atoms with Crippen LogP contribution >= 0.6 is 0 Å². The average molecular weight is 261 g/mol. The Morgan fingerprint density at radius 2 is 2.16 bits per heavy atom. The van der Waals surface area contributed by atoms with Crippen LogP contribution in [0.15, 0.2) is 24.3 Å². The van der Waals surface area contributed by atoms with Crippen molar-refractivity contribution in [1.82, 2.24) is 10.2 Å². The third-order valence-corrected chi connectivity index (χ3v) is 3.40. The van der Waals surface area contributed by atoms with Gasteiger partial charge in [-0.1, -0.05) is 18.2 Å². The number of hydrogen-bond donors (Lipinski definition) is 2. The first-order valence-electron chi connectivity index (χ1n) is 6.42. The lowest BCUT2D eigenvalue weighted by Crippen LogP contribution is -2.41. The highest BCUT2D eigenvalue weighted by Gasteiger charge is 2.28. The summed E-state index contributed by atoms with van der Waals surface area (Å²) in [6.07, 6.45) is 1.04. The SMILES string of the molecule is CNC(=O)CCN(C)C(=O)C1Cc2ccccc2N1. The number of carbonyl (C=O) groups excluding carboxylic acids is 2. The van der Waals surface area contributed by atoms with Crippen molar-refractivity contribution in [2.75, 3.05) is 26.0 Å². The van der Waals surface area contributed by atoms with Gasteiger partial charge >= 0.3 is 0 Å². The number of fused-ring (bicyclic) bond motifs is 1. The lowest BCUT2D eigenvalue weighted by atomic mass is 10.1. The van der Waals surface area contributed by atoms with Crippen LogP contribution in [0.3, 0.4) is 0 Å². The van der Waals surface area contributed by atoms with E-state index in [0.717, 1.165) is 5.69 Å². The summed E-state index contributed by atoms with van der Waals surface area (Å²) in [5.41, 5.74) is 2.20. The van der Waals surface area contributed by atoms with Crippen LogP contribution in [0.25, 0.3) is 0 Å². The van der Waals surface area contributed by atoms with Gasteiger partial charge in [0.1, 0.15) is 6.04 Å². The van der Waals surface area contributed by atoms with E-state index in [1.54, 1.807) is 19.0 Å². The Hall–Kier alpha value is -2.04. The fourth-order valence-corrected chi connectivity index (χ4v) is 2.22. The van der Waals surface area contributed by atoms with E-state index < -0.39 is 0 Å². The first-order chi connectivity index (χ1) is 9.11. The molecule has 1 unspecified atom stereocenters. The van der Waals surface area contributed by atoms with E-state index in [9.17, 15) is 9.59 Å². The minimum Gasteiger partial charge on any atom is -0.373 e. The lowest BCUT2D eigenvalue weighted by molar-refractivity contribution is -0.131. The molecule has 0 saturated carbocycles. The maximum atomic E-state index is 12.2. The van der Waals surface area contributed by atoms with Crippen LogP contribution < -0.4 is 10.6 Å². The fraction of sp³-hybridized carbons (Fsp3) is 0.429. The topological polar surface area (TPSA) is 61.4 Å². The van der Waals surface area contributed by atoms with E-state index in [-0.39, 0.29) is 17.9 Å². The van der Waals surface area contributed by atoms with Crippen molar-refractivity contribution in [3.05, 3.63) is 29.8 Å². The van der Waals surface area contributed by atoms with Gasteiger partial charge in [0, 0.05) is 39.2 Å². The Labute approximate surface area is 113 Å². The van der Waals surface area contributed by atoms with Gasteiger partial charge in [0.2, 0.25) is 11.8 Å². The normalized spacial score (nSPS) is 16.4. The van der Waals surface area contributed by atoms with Gasteiger partial charge in [-0.05, 0) is 11.6 Å². The molecule has 5 heteroatoms. The van der Waals surface area contributed by atoms with E-state index >= 15 is 0 Å². The van der Waals surface area contributed by atoms with Crippen LogP contribution in [0.2, 0.25) is 0 Å². The standard InChI is InChI=1S/C14H19N3O2/c1-15-13(18)7-8-17(2)14(19)12-9-10-5-3-4-6-11(10)16-12/h3-6,12,16H,7-9H2,1-2H3,(H,15,18). The number of nitrogens with zero attached hydrogens (tertiary/aromatic N) is 1. The molecule has 1 heterocycles. The fourth-order valence-electron chi connectivity index (χ4n) is 2.22. The van der Waals surface area contributed by atoms with E-state index in [2.05, 4.69) is 10.6 Å². The average Bonchev–Trinajstić information content (AvgIpc) is 2.87. The minimum atomic E-state index is -0.216. The first-order valence-corrected chi connectivity index (χ1v) is 6.42. The first kappa shape index (κ1) is 13.4. The van der Waals surface area contributed by atoms with Crippen LogP contribution in [0.5, 0.6) is 0 Å². The van der Waals surface area contributed by atoms with Gasteiger partial charge in [-0.25, -0.2) is 0 Å². The highest BCUT2D eigenvalue weighted by Crippen LogP contribution is 2.25. The van der Waals surface area contributed by atoms with Crippen LogP contribution in [0, 0.1) is 0 Å². The van der Waals surface area contributed by atoms with Crippen molar-refractivity contribution in [1.29, 1.82) is 0 Å². The molecule has 2 N–H and O–H groups in total. The Bertz CT molecular complexity index is 462. The van der Waals surface area contributed by atoms with Crippen molar-refractivity contribution in [3.63, 3.8) is 0 Å². The number of rotatable bonds is 4. The maximum absolute atomic E-state index is 12.2. The summed E-state index contributed by atoms with van der Waals surface area (Å²) < 4.78 is 0. The smallest absolute Gasteiger partial charge is 0.245 e. The molecule has 0 saturated heterocycles. The van der Waals surface area contributed by atoms with Gasteiger partial charge in [-0.3, -0.25) is 9.59 Å². The Morgan fingerprint density at radius 1 is 1.42 bits per heavy atom. The number of hydrogen-bond acceptors (Lipinski definition) is 3. The van der Waals surface area contributed by atoms with Gasteiger partial charge in [0.25, 0.3) is 0 Å². The minimum absolute atomic E-state index is 0.0279. The van der Waals surface area contributed by atoms with Crippen LogP contribution in [0.4, 0.5) is 5.69 Å². The Balaban J connectivity index is 1.90. The second-order valence-corrected chi connectivity index (χ2v) is 4.74. The third-order valence-electron chi connectivity index (χ3n) is 3.40. The summed E-state index contributed by atoms with van der Waals surface area (Å²) in [7, 11) is 3.33. The number of para-hydroxylation sites is 1. The summed E-state index contributed by atoms with van der Waals surface area (Å²) in [6, 6.07) is 7.72. The van der Waals surface area contributed by atoms with Crippen molar-refractivity contribution >= 4 is 17.5 Å². The van der Waals surface area contributed by atoms with E-state index in [4.69, 9.17) is 0 Å². The lowest BCUT2D eigenvalue weighted by Gasteiger charge is -2.21. The largest absolute Gasteiger partial charge is 0.373 e. The molecule has 1 aromatic rings. The molecule has 2 amide bonds. The Kier molecular flexibility index (Phi) is 4.04. The summed E-state index contributed by atoms with van der Waals surface area (Å²) in [6.45, 7) is 0.438. The van der Waals surface area contributed by atoms with Crippen molar-refractivity contribution in [3.8, 4) is 0 Å². The number of anilines is 1. The molecule has 1 aliphatic rings. The molecule has 102 valence electrons. The predicted octanol–water partition coefficient (Wildman–Crippen LogP) is 0.618. The summed E-state index contributed by atoms with van der Waals surface area (Å²) in [4.78, 5) is 25.0. The summed E-state index contributed by atoms with van der Waals surface area (Å²) in [5, 5.41) is 5.78. The molecule has 0 radical (unpaired) electrons. The summed E-state index contributed by atoms with van der Waals surface area (Å²) >= 11 is 0. The zero-order chi connectivity index (χ0) is 13.8. The molecule has 0 spiro atoms. The second kappa shape index (κ2) is 5.73. The van der Waals surface area contributed by atoms with Gasteiger partial charge in [-0.2, -0.15) is 0 Å². The van der Waals surface area contributed by atoms with Crippen LogP contribution in [-0.2, 0) is 16.0 Å². The molecule has 1 aliphatic heterocycles. The van der Waals surface area contributed by atoms with Gasteiger partial charge in [0.15, 0.2) is 0 Å². The monoisotopic (exact) mass is 261 g/mol. The zero-order valence-corrected chi connectivity index (χ0v) is 11.3. The number of likely N-dealkylation sites (N-methyl/N-ethyl adjacent to an activating group) is 1. The highest BCUT2D eigenvalue weighted by molar-refractivity contribution is 5.87. The second-order valence-electron chi connectivity index (χ2n) is 4.74. The molecule has 0 bridgehead atoms. The predicted molar refractivity (Wildman–Crippen MR) is 73.9 cm³/mol. The zero-order valence-electron chi connectivity index (χ0n) is 11.3. The molecule has 0 aliphatic carbocycles. The maximum Gasteiger partial charge on any atom is 0.245 e. The number of nitrogens with one attached hydrogen (secondary N) is 2. The quantitative estimate of drug-likeness (QED) is 0.835.